The molecule has 3 unspecified atom stereocenters. The zero-order valence-electron chi connectivity index (χ0n) is 11.2. The van der Waals surface area contributed by atoms with E-state index < -0.39 is 0 Å². The molecule has 4 heteroatoms. The summed E-state index contributed by atoms with van der Waals surface area (Å²) in [4.78, 5) is 14.2. The fourth-order valence-corrected chi connectivity index (χ4v) is 3.32. The van der Waals surface area contributed by atoms with Gasteiger partial charge in [-0.1, -0.05) is 12.8 Å². The standard InChI is InChI=1S/C14H26N2O2/c15-13-4-2-1-3-12(13)9-14(18)16-7-5-11(10-16)6-8-17/h11-13,17H,1-10,15H2. The lowest BCUT2D eigenvalue weighted by molar-refractivity contribution is -0.131. The maximum Gasteiger partial charge on any atom is 0.222 e. The first-order valence-electron chi connectivity index (χ1n) is 7.35. The summed E-state index contributed by atoms with van der Waals surface area (Å²) in [6.45, 7) is 1.94. The van der Waals surface area contributed by atoms with Gasteiger partial charge in [0.15, 0.2) is 0 Å². The van der Waals surface area contributed by atoms with Gasteiger partial charge >= 0.3 is 0 Å². The maximum absolute atomic E-state index is 12.2. The predicted molar refractivity (Wildman–Crippen MR) is 70.9 cm³/mol. The lowest BCUT2D eigenvalue weighted by Gasteiger charge is -2.29. The molecule has 0 aromatic rings. The Kier molecular flexibility index (Phi) is 5.01. The highest BCUT2D eigenvalue weighted by atomic mass is 16.3. The molecule has 3 atom stereocenters. The molecule has 1 amide bonds. The van der Waals surface area contributed by atoms with Gasteiger partial charge in [0.05, 0.1) is 0 Å². The Morgan fingerprint density at radius 2 is 2.06 bits per heavy atom. The molecule has 0 bridgehead atoms. The summed E-state index contributed by atoms with van der Waals surface area (Å²) in [5.41, 5.74) is 6.10. The van der Waals surface area contributed by atoms with E-state index >= 15 is 0 Å². The topological polar surface area (TPSA) is 66.6 Å². The number of hydrogen-bond donors (Lipinski definition) is 2. The average Bonchev–Trinajstić information content (AvgIpc) is 2.81. The van der Waals surface area contributed by atoms with Crippen LogP contribution in [-0.4, -0.2) is 41.7 Å². The van der Waals surface area contributed by atoms with E-state index in [0.717, 1.165) is 38.8 Å². The normalized spacial score (nSPS) is 32.8. The van der Waals surface area contributed by atoms with Gasteiger partial charge in [0.1, 0.15) is 0 Å². The van der Waals surface area contributed by atoms with Crippen LogP contribution in [0.4, 0.5) is 0 Å². The van der Waals surface area contributed by atoms with Crippen LogP contribution < -0.4 is 5.73 Å². The quantitative estimate of drug-likeness (QED) is 0.790. The van der Waals surface area contributed by atoms with Crippen LogP contribution in [0.3, 0.4) is 0 Å². The molecule has 1 heterocycles. The number of carbonyl (C=O) groups excluding carboxylic acids is 1. The van der Waals surface area contributed by atoms with Crippen molar-refractivity contribution in [2.75, 3.05) is 19.7 Å². The van der Waals surface area contributed by atoms with Gasteiger partial charge in [0.25, 0.3) is 0 Å². The number of aliphatic hydroxyl groups is 1. The van der Waals surface area contributed by atoms with Crippen LogP contribution >= 0.6 is 0 Å². The molecule has 2 rings (SSSR count). The van der Waals surface area contributed by atoms with E-state index in [0.29, 0.717) is 18.3 Å². The highest BCUT2D eigenvalue weighted by Crippen LogP contribution is 2.27. The van der Waals surface area contributed by atoms with Gasteiger partial charge in [-0.3, -0.25) is 4.79 Å². The summed E-state index contributed by atoms with van der Waals surface area (Å²) < 4.78 is 0. The number of carbonyl (C=O) groups is 1. The van der Waals surface area contributed by atoms with E-state index in [1.165, 1.54) is 12.8 Å². The summed E-state index contributed by atoms with van der Waals surface area (Å²) >= 11 is 0. The molecule has 2 fully saturated rings. The Hall–Kier alpha value is -0.610. The zero-order valence-corrected chi connectivity index (χ0v) is 11.2. The van der Waals surface area contributed by atoms with Crippen molar-refractivity contribution in [1.82, 2.24) is 4.90 Å². The number of nitrogens with two attached hydrogens (primary N) is 1. The molecule has 4 nitrogen and oxygen atoms in total. The number of nitrogens with zero attached hydrogens (tertiary/aromatic N) is 1. The lowest BCUT2D eigenvalue weighted by atomic mass is 9.83. The average molecular weight is 254 g/mol. The van der Waals surface area contributed by atoms with Gasteiger partial charge in [0.2, 0.25) is 5.91 Å². The van der Waals surface area contributed by atoms with Crippen molar-refractivity contribution in [2.24, 2.45) is 17.6 Å². The van der Waals surface area contributed by atoms with Gasteiger partial charge in [-0.15, -0.1) is 0 Å². The SMILES string of the molecule is NC1CCCCC1CC(=O)N1CCC(CCO)C1. The fourth-order valence-electron chi connectivity index (χ4n) is 3.32. The van der Waals surface area contributed by atoms with Crippen LogP contribution in [-0.2, 0) is 4.79 Å². The molecule has 3 N–H and O–H groups in total. The molecule has 1 aliphatic heterocycles. The minimum atomic E-state index is 0.221. The number of aliphatic hydroxyl groups excluding tert-OH is 1. The molecule has 1 aliphatic carbocycles. The summed E-state index contributed by atoms with van der Waals surface area (Å²) in [7, 11) is 0. The van der Waals surface area contributed by atoms with Crippen LogP contribution in [0.1, 0.15) is 44.9 Å². The highest BCUT2D eigenvalue weighted by Gasteiger charge is 2.30. The van der Waals surface area contributed by atoms with E-state index in [1.54, 1.807) is 0 Å². The zero-order chi connectivity index (χ0) is 13.0. The van der Waals surface area contributed by atoms with E-state index in [4.69, 9.17) is 10.8 Å². The number of rotatable bonds is 4. The van der Waals surface area contributed by atoms with Crippen LogP contribution in [0.25, 0.3) is 0 Å². The Bertz CT molecular complexity index is 283. The van der Waals surface area contributed by atoms with E-state index in [-0.39, 0.29) is 18.6 Å². The third kappa shape index (κ3) is 3.45. The number of amides is 1. The molecule has 0 aromatic carbocycles. The molecular formula is C14H26N2O2. The second-order valence-electron chi connectivity index (χ2n) is 5.92. The Labute approximate surface area is 110 Å². The molecule has 104 valence electrons. The van der Waals surface area contributed by atoms with Crippen molar-refractivity contribution < 1.29 is 9.90 Å². The predicted octanol–water partition coefficient (Wildman–Crippen LogP) is 1.12. The fraction of sp³-hybridized carbons (Fsp3) is 0.929. The summed E-state index contributed by atoms with van der Waals surface area (Å²) in [5.74, 6) is 1.17. The van der Waals surface area contributed by atoms with E-state index in [2.05, 4.69) is 0 Å². The largest absolute Gasteiger partial charge is 0.396 e. The van der Waals surface area contributed by atoms with E-state index in [9.17, 15) is 4.79 Å². The Morgan fingerprint density at radius 1 is 1.28 bits per heavy atom. The maximum atomic E-state index is 12.2. The molecule has 18 heavy (non-hydrogen) atoms. The van der Waals surface area contributed by atoms with Crippen molar-refractivity contribution in [2.45, 2.75) is 51.0 Å². The summed E-state index contributed by atoms with van der Waals surface area (Å²) in [6, 6.07) is 0.221. The first-order valence-corrected chi connectivity index (χ1v) is 7.35. The van der Waals surface area contributed by atoms with Gasteiger partial charge in [-0.25, -0.2) is 0 Å². The number of likely N-dealkylation sites (tertiary alicyclic amines) is 1. The lowest BCUT2D eigenvalue weighted by Crippen LogP contribution is -2.38. The first kappa shape index (κ1) is 13.8. The monoisotopic (exact) mass is 254 g/mol. The molecule has 1 saturated carbocycles. The molecule has 1 saturated heterocycles. The molecule has 0 radical (unpaired) electrons. The van der Waals surface area contributed by atoms with Gasteiger partial charge in [-0.2, -0.15) is 0 Å². The van der Waals surface area contributed by atoms with Crippen LogP contribution in [0, 0.1) is 11.8 Å². The van der Waals surface area contributed by atoms with Crippen molar-refractivity contribution in [3.8, 4) is 0 Å². The van der Waals surface area contributed by atoms with Gasteiger partial charge in [0, 0.05) is 32.2 Å². The van der Waals surface area contributed by atoms with Crippen LogP contribution in [0.5, 0.6) is 0 Å². The Balaban J connectivity index is 1.77. The molecule has 0 aromatic heterocycles. The van der Waals surface area contributed by atoms with Crippen LogP contribution in [0.15, 0.2) is 0 Å². The van der Waals surface area contributed by atoms with Crippen molar-refractivity contribution in [1.29, 1.82) is 0 Å². The molecule has 0 spiro atoms. The van der Waals surface area contributed by atoms with Crippen molar-refractivity contribution in [3.05, 3.63) is 0 Å². The number of hydrogen-bond acceptors (Lipinski definition) is 3. The van der Waals surface area contributed by atoms with Crippen molar-refractivity contribution in [3.63, 3.8) is 0 Å². The van der Waals surface area contributed by atoms with Crippen LogP contribution in [0.2, 0.25) is 0 Å². The Morgan fingerprint density at radius 3 is 2.78 bits per heavy atom. The van der Waals surface area contributed by atoms with Crippen molar-refractivity contribution >= 4 is 5.91 Å². The third-order valence-electron chi connectivity index (χ3n) is 4.58. The summed E-state index contributed by atoms with van der Waals surface area (Å²) in [5, 5.41) is 8.93. The first-order chi connectivity index (χ1) is 8.70. The van der Waals surface area contributed by atoms with Gasteiger partial charge < -0.3 is 15.7 Å². The minimum absolute atomic E-state index is 0.221. The smallest absolute Gasteiger partial charge is 0.222 e. The molecule has 2 aliphatic rings. The minimum Gasteiger partial charge on any atom is -0.396 e. The third-order valence-corrected chi connectivity index (χ3v) is 4.58. The van der Waals surface area contributed by atoms with Gasteiger partial charge in [-0.05, 0) is 37.5 Å². The second kappa shape index (κ2) is 6.53. The van der Waals surface area contributed by atoms with E-state index in [1.807, 2.05) is 4.90 Å². The second-order valence-corrected chi connectivity index (χ2v) is 5.92. The summed E-state index contributed by atoms with van der Waals surface area (Å²) in [6.07, 6.45) is 7.13. The molecular weight excluding hydrogens is 228 g/mol. The highest BCUT2D eigenvalue weighted by molar-refractivity contribution is 5.76.